The first kappa shape index (κ1) is 20.6. The summed E-state index contributed by atoms with van der Waals surface area (Å²) in [6.07, 6.45) is 7.21. The molecule has 1 unspecified atom stereocenters. The van der Waals surface area contributed by atoms with Gasteiger partial charge in [0.05, 0.1) is 26.8 Å². The standard InChI is InChI=1S/C19H21BrN6O.ClH/c1-11-4-5-12(7-22-11)19(27)25-15-9-24-18-16(15)17(14(20)8-23-18)26-6-2-3-13(21)10-26;/h4-5,7-9,13H,2-3,6,10,21H2,1H3,(H,23,24)(H,25,27);1H. The summed E-state index contributed by atoms with van der Waals surface area (Å²) in [7, 11) is 0. The molecule has 4 rings (SSSR count). The fraction of sp³-hybridized carbons (Fsp3) is 0.316. The van der Waals surface area contributed by atoms with Gasteiger partial charge in [0, 0.05) is 43.4 Å². The van der Waals surface area contributed by atoms with Crippen molar-refractivity contribution in [2.75, 3.05) is 23.3 Å². The number of H-pyrrole nitrogens is 1. The summed E-state index contributed by atoms with van der Waals surface area (Å²) in [5.74, 6) is -0.204. The second-order valence-electron chi connectivity index (χ2n) is 6.87. The highest BCUT2D eigenvalue weighted by atomic mass is 79.9. The van der Waals surface area contributed by atoms with Gasteiger partial charge in [-0.2, -0.15) is 0 Å². The normalized spacial score (nSPS) is 16.7. The molecule has 0 spiro atoms. The smallest absolute Gasteiger partial charge is 0.257 e. The average Bonchev–Trinajstić information content (AvgIpc) is 3.05. The first-order valence-corrected chi connectivity index (χ1v) is 9.72. The summed E-state index contributed by atoms with van der Waals surface area (Å²) >= 11 is 3.63. The third-order valence-electron chi connectivity index (χ3n) is 4.83. The molecule has 7 nitrogen and oxygen atoms in total. The Morgan fingerprint density at radius 3 is 2.89 bits per heavy atom. The number of pyridine rings is 2. The molecule has 1 saturated heterocycles. The minimum Gasteiger partial charge on any atom is -0.368 e. The first-order valence-electron chi connectivity index (χ1n) is 8.93. The molecule has 3 aromatic heterocycles. The maximum atomic E-state index is 12.7. The van der Waals surface area contributed by atoms with E-state index in [4.69, 9.17) is 5.73 Å². The highest BCUT2D eigenvalue weighted by Gasteiger charge is 2.24. The number of nitrogens with one attached hydrogen (secondary N) is 2. The van der Waals surface area contributed by atoms with Crippen molar-refractivity contribution in [3.8, 4) is 0 Å². The van der Waals surface area contributed by atoms with Crippen LogP contribution in [0.4, 0.5) is 11.4 Å². The Labute approximate surface area is 177 Å². The van der Waals surface area contributed by atoms with Crippen LogP contribution >= 0.6 is 28.3 Å². The second-order valence-corrected chi connectivity index (χ2v) is 7.73. The summed E-state index contributed by atoms with van der Waals surface area (Å²) in [5.41, 5.74) is 9.99. The summed E-state index contributed by atoms with van der Waals surface area (Å²) in [4.78, 5) is 26.7. The van der Waals surface area contributed by atoms with Crippen LogP contribution in [0.25, 0.3) is 11.0 Å². The number of amides is 1. The van der Waals surface area contributed by atoms with Gasteiger partial charge in [0.25, 0.3) is 5.91 Å². The number of nitrogens with two attached hydrogens (primary N) is 1. The third kappa shape index (κ3) is 3.99. The van der Waals surface area contributed by atoms with Crippen LogP contribution in [0.15, 0.2) is 35.2 Å². The van der Waals surface area contributed by atoms with E-state index in [1.165, 1.54) is 0 Å². The Morgan fingerprint density at radius 2 is 2.18 bits per heavy atom. The number of anilines is 2. The largest absolute Gasteiger partial charge is 0.368 e. The van der Waals surface area contributed by atoms with E-state index in [0.29, 0.717) is 11.3 Å². The topological polar surface area (TPSA) is 99.9 Å². The number of hydrogen-bond acceptors (Lipinski definition) is 5. The molecule has 9 heteroatoms. The van der Waals surface area contributed by atoms with Crippen LogP contribution in [0.5, 0.6) is 0 Å². The zero-order valence-corrected chi connectivity index (χ0v) is 17.8. The first-order chi connectivity index (χ1) is 13.0. The van der Waals surface area contributed by atoms with Crippen molar-refractivity contribution >= 4 is 56.7 Å². The van der Waals surface area contributed by atoms with Gasteiger partial charge in [-0.15, -0.1) is 12.4 Å². The molecular formula is C19H22BrClN6O. The van der Waals surface area contributed by atoms with Gasteiger partial charge in [-0.3, -0.25) is 9.78 Å². The molecule has 0 aromatic carbocycles. The molecule has 1 atom stereocenters. The average molecular weight is 466 g/mol. The highest BCUT2D eigenvalue weighted by molar-refractivity contribution is 9.10. The number of carbonyl (C=O) groups is 1. The number of hydrogen-bond donors (Lipinski definition) is 3. The van der Waals surface area contributed by atoms with E-state index in [9.17, 15) is 4.79 Å². The molecule has 28 heavy (non-hydrogen) atoms. The van der Waals surface area contributed by atoms with Crippen LogP contribution in [0, 0.1) is 6.92 Å². The van der Waals surface area contributed by atoms with E-state index in [2.05, 4.69) is 41.1 Å². The Hall–Kier alpha value is -2.16. The Kier molecular flexibility index (Phi) is 6.22. The van der Waals surface area contributed by atoms with Gasteiger partial charge in [-0.05, 0) is 47.8 Å². The SMILES string of the molecule is Cc1ccc(C(=O)Nc2c[nH]c3ncc(Br)c(N4CCCC(N)C4)c23)cn1.Cl. The Bertz CT molecular complexity index is 990. The van der Waals surface area contributed by atoms with Gasteiger partial charge in [-0.25, -0.2) is 4.98 Å². The number of aromatic amines is 1. The number of rotatable bonds is 3. The van der Waals surface area contributed by atoms with E-state index < -0.39 is 0 Å². The summed E-state index contributed by atoms with van der Waals surface area (Å²) in [6, 6.07) is 3.73. The van der Waals surface area contributed by atoms with Gasteiger partial charge >= 0.3 is 0 Å². The third-order valence-corrected chi connectivity index (χ3v) is 5.41. The van der Waals surface area contributed by atoms with E-state index in [0.717, 1.165) is 52.8 Å². The minimum absolute atomic E-state index is 0. The van der Waals surface area contributed by atoms with Gasteiger partial charge in [-0.1, -0.05) is 0 Å². The fourth-order valence-electron chi connectivity index (χ4n) is 3.47. The molecule has 4 heterocycles. The number of piperidine rings is 1. The number of halogens is 2. The van der Waals surface area contributed by atoms with Crippen molar-refractivity contribution < 1.29 is 4.79 Å². The fourth-order valence-corrected chi connectivity index (χ4v) is 4.02. The van der Waals surface area contributed by atoms with Crippen LogP contribution in [-0.4, -0.2) is 40.0 Å². The predicted molar refractivity (Wildman–Crippen MR) is 117 cm³/mol. The number of fused-ring (bicyclic) bond motifs is 1. The Morgan fingerprint density at radius 1 is 1.36 bits per heavy atom. The lowest BCUT2D eigenvalue weighted by molar-refractivity contribution is 0.102. The Balaban J connectivity index is 0.00000225. The van der Waals surface area contributed by atoms with Crippen molar-refractivity contribution in [1.82, 2.24) is 15.0 Å². The molecule has 1 aliphatic heterocycles. The number of aryl methyl sites for hydroxylation is 1. The van der Waals surface area contributed by atoms with E-state index in [1.807, 2.05) is 13.0 Å². The van der Waals surface area contributed by atoms with Gasteiger partial charge in [0.1, 0.15) is 5.65 Å². The lowest BCUT2D eigenvalue weighted by atomic mass is 10.1. The second kappa shape index (κ2) is 8.46. The van der Waals surface area contributed by atoms with Crippen LogP contribution in [0.2, 0.25) is 0 Å². The highest BCUT2D eigenvalue weighted by Crippen LogP contribution is 2.38. The van der Waals surface area contributed by atoms with Crippen LogP contribution in [0.3, 0.4) is 0 Å². The van der Waals surface area contributed by atoms with Crippen molar-refractivity contribution in [3.05, 3.63) is 46.5 Å². The van der Waals surface area contributed by atoms with Crippen molar-refractivity contribution in [1.29, 1.82) is 0 Å². The zero-order chi connectivity index (χ0) is 19.0. The molecule has 0 aliphatic carbocycles. The summed E-state index contributed by atoms with van der Waals surface area (Å²) in [5, 5.41) is 3.87. The molecule has 148 valence electrons. The summed E-state index contributed by atoms with van der Waals surface area (Å²) < 4.78 is 0.885. The molecule has 0 bridgehead atoms. The van der Waals surface area contributed by atoms with Crippen molar-refractivity contribution in [2.24, 2.45) is 5.73 Å². The van der Waals surface area contributed by atoms with Gasteiger partial charge < -0.3 is 20.9 Å². The molecule has 0 radical (unpaired) electrons. The zero-order valence-electron chi connectivity index (χ0n) is 15.4. The lowest BCUT2D eigenvalue weighted by Crippen LogP contribution is -2.43. The number of carbonyl (C=O) groups excluding carboxylic acids is 1. The number of nitrogens with zero attached hydrogens (tertiary/aromatic N) is 3. The van der Waals surface area contributed by atoms with E-state index in [-0.39, 0.29) is 24.4 Å². The molecule has 0 saturated carbocycles. The molecular weight excluding hydrogens is 444 g/mol. The van der Waals surface area contributed by atoms with E-state index in [1.54, 1.807) is 24.7 Å². The molecule has 1 amide bonds. The van der Waals surface area contributed by atoms with Crippen LogP contribution in [-0.2, 0) is 0 Å². The lowest BCUT2D eigenvalue weighted by Gasteiger charge is -2.33. The predicted octanol–water partition coefficient (Wildman–Crippen LogP) is 3.63. The monoisotopic (exact) mass is 464 g/mol. The van der Waals surface area contributed by atoms with Crippen LogP contribution < -0.4 is 16.0 Å². The molecule has 4 N–H and O–H groups in total. The molecule has 3 aromatic rings. The minimum atomic E-state index is -0.204. The van der Waals surface area contributed by atoms with Crippen molar-refractivity contribution in [3.63, 3.8) is 0 Å². The quantitative estimate of drug-likeness (QED) is 0.548. The molecule has 1 aliphatic rings. The van der Waals surface area contributed by atoms with Gasteiger partial charge in [0.2, 0.25) is 0 Å². The maximum absolute atomic E-state index is 12.7. The number of aromatic nitrogens is 3. The summed E-state index contributed by atoms with van der Waals surface area (Å²) in [6.45, 7) is 3.59. The maximum Gasteiger partial charge on any atom is 0.257 e. The van der Waals surface area contributed by atoms with Crippen LogP contribution in [0.1, 0.15) is 28.9 Å². The van der Waals surface area contributed by atoms with Crippen molar-refractivity contribution in [2.45, 2.75) is 25.8 Å². The van der Waals surface area contributed by atoms with Gasteiger partial charge in [0.15, 0.2) is 0 Å². The van der Waals surface area contributed by atoms with E-state index >= 15 is 0 Å². The molecule has 1 fully saturated rings.